The summed E-state index contributed by atoms with van der Waals surface area (Å²) in [7, 11) is 0. The Bertz CT molecular complexity index is 913. The highest BCUT2D eigenvalue weighted by atomic mass is 32.2. The van der Waals surface area contributed by atoms with Crippen molar-refractivity contribution in [2.45, 2.75) is 22.9 Å². The van der Waals surface area contributed by atoms with Gasteiger partial charge in [0.25, 0.3) is 0 Å². The minimum absolute atomic E-state index is 0.305. The fourth-order valence-corrected chi connectivity index (χ4v) is 5.83. The highest BCUT2D eigenvalue weighted by molar-refractivity contribution is 7.91. The van der Waals surface area contributed by atoms with Crippen LogP contribution in [-0.4, -0.2) is 10.3 Å². The summed E-state index contributed by atoms with van der Waals surface area (Å²) in [6.07, 6.45) is 0.993. The lowest BCUT2D eigenvalue weighted by Crippen LogP contribution is -2.48. The summed E-state index contributed by atoms with van der Waals surface area (Å²) < 4.78 is 13.2. The smallest absolute Gasteiger partial charge is 0.152 e. The van der Waals surface area contributed by atoms with E-state index in [4.69, 9.17) is 0 Å². The van der Waals surface area contributed by atoms with Crippen LogP contribution < -0.4 is 5.32 Å². The van der Waals surface area contributed by atoms with Gasteiger partial charge in [0.15, 0.2) is 4.90 Å². The van der Waals surface area contributed by atoms with Gasteiger partial charge in [0.2, 0.25) is 0 Å². The predicted octanol–water partition coefficient (Wildman–Crippen LogP) is 3.94. The zero-order valence-electron chi connectivity index (χ0n) is 13.8. The van der Waals surface area contributed by atoms with E-state index in [1.807, 2.05) is 30.3 Å². The molecule has 0 aromatic heterocycles. The first-order chi connectivity index (χ1) is 12.3. The van der Waals surface area contributed by atoms with Crippen molar-refractivity contribution in [1.82, 2.24) is 5.32 Å². The molecule has 1 N–H and O–H groups in total. The summed E-state index contributed by atoms with van der Waals surface area (Å²) in [5, 5.41) is 3.83. The first-order valence-corrected chi connectivity index (χ1v) is 9.99. The molecule has 0 saturated heterocycles. The summed E-state index contributed by atoms with van der Waals surface area (Å²) in [6, 6.07) is 27.3. The Kier molecular flexibility index (Phi) is 3.49. The Morgan fingerprint density at radius 3 is 2.40 bits per heavy atom. The molecule has 2 aliphatic rings. The second kappa shape index (κ2) is 5.73. The Morgan fingerprint density at radius 1 is 0.880 bits per heavy atom. The molecule has 3 unspecified atom stereocenters. The van der Waals surface area contributed by atoms with E-state index in [1.54, 1.807) is 0 Å². The van der Waals surface area contributed by atoms with E-state index in [0.29, 0.717) is 11.8 Å². The maximum Gasteiger partial charge on any atom is 0.152 e. The number of rotatable bonds is 3. The topological polar surface area (TPSA) is 35.1 Å². The van der Waals surface area contributed by atoms with Crippen LogP contribution >= 0.6 is 0 Å². The van der Waals surface area contributed by atoms with Gasteiger partial charge >= 0.3 is 0 Å². The monoisotopic (exact) mass is 345 g/mol. The highest BCUT2D eigenvalue weighted by Crippen LogP contribution is 2.49. The van der Waals surface area contributed by atoms with Gasteiger partial charge in [-0.15, -0.1) is 0 Å². The predicted molar refractivity (Wildman–Crippen MR) is 101 cm³/mol. The first kappa shape index (κ1) is 15.2. The fourth-order valence-electron chi connectivity index (χ4n) is 4.41. The second-order valence-electron chi connectivity index (χ2n) is 6.85. The molecule has 2 heterocycles. The molecule has 3 atom stereocenters. The van der Waals surface area contributed by atoms with Gasteiger partial charge in [-0.2, -0.15) is 0 Å². The third kappa shape index (κ3) is 2.27. The van der Waals surface area contributed by atoms with Crippen molar-refractivity contribution < 1.29 is 4.55 Å². The lowest BCUT2D eigenvalue weighted by atomic mass is 9.82. The van der Waals surface area contributed by atoms with E-state index in [9.17, 15) is 4.55 Å². The molecule has 25 heavy (non-hydrogen) atoms. The molecule has 0 radical (unpaired) electrons. The van der Waals surface area contributed by atoms with Crippen molar-refractivity contribution in [1.29, 1.82) is 0 Å². The van der Waals surface area contributed by atoms with E-state index in [1.165, 1.54) is 22.3 Å². The van der Waals surface area contributed by atoms with Crippen molar-refractivity contribution >= 4 is 11.2 Å². The summed E-state index contributed by atoms with van der Waals surface area (Å²) in [6.45, 7) is 0. The molecule has 124 valence electrons. The molecule has 0 aliphatic carbocycles. The Hall–Kier alpha value is -2.07. The molecule has 0 spiro atoms. The molecule has 5 rings (SSSR count). The van der Waals surface area contributed by atoms with Crippen LogP contribution in [0.15, 0.2) is 83.8 Å². The van der Waals surface area contributed by atoms with Crippen molar-refractivity contribution in [3.05, 3.63) is 101 Å². The van der Waals surface area contributed by atoms with Gasteiger partial charge in [0.05, 0.1) is 0 Å². The molecule has 3 aromatic carbocycles. The van der Waals surface area contributed by atoms with Crippen LogP contribution in [0.25, 0.3) is 0 Å². The number of fused-ring (bicyclic) bond motifs is 7. The van der Waals surface area contributed by atoms with Crippen LogP contribution in [0.4, 0.5) is 0 Å². The molecule has 0 saturated carbocycles. The highest BCUT2D eigenvalue weighted by Gasteiger charge is 2.51. The second-order valence-corrected chi connectivity index (χ2v) is 8.30. The van der Waals surface area contributed by atoms with E-state index < -0.39 is 11.2 Å². The molecule has 3 heteroatoms. The van der Waals surface area contributed by atoms with Crippen LogP contribution in [0.3, 0.4) is 0 Å². The Morgan fingerprint density at radius 2 is 1.56 bits per heavy atom. The number of hydrogen-bond acceptors (Lipinski definition) is 2. The van der Waals surface area contributed by atoms with E-state index in [2.05, 4.69) is 53.8 Å². The van der Waals surface area contributed by atoms with Gasteiger partial charge in [-0.25, -0.2) is 0 Å². The molecule has 2 nitrogen and oxygen atoms in total. The molecular formula is C22H19NOS. The van der Waals surface area contributed by atoms with Crippen molar-refractivity contribution in [3.8, 4) is 0 Å². The Balaban J connectivity index is 1.66. The average Bonchev–Trinajstić information content (AvgIpc) is 2.92. The van der Waals surface area contributed by atoms with Crippen molar-refractivity contribution in [2.24, 2.45) is 0 Å². The summed E-state index contributed by atoms with van der Waals surface area (Å²) in [4.78, 5) is 0.891. The third-order valence-electron chi connectivity index (χ3n) is 5.47. The minimum Gasteiger partial charge on any atom is -0.611 e. The zero-order valence-corrected chi connectivity index (χ0v) is 14.6. The number of hydrogen-bond donors (Lipinski definition) is 1. The Labute approximate surface area is 151 Å². The van der Waals surface area contributed by atoms with Crippen LogP contribution in [0.5, 0.6) is 0 Å². The first-order valence-electron chi connectivity index (χ1n) is 8.67. The van der Waals surface area contributed by atoms with Crippen molar-refractivity contribution in [2.75, 3.05) is 5.75 Å². The molecular weight excluding hydrogens is 326 g/mol. The zero-order chi connectivity index (χ0) is 16.9. The van der Waals surface area contributed by atoms with Gasteiger partial charge in [0, 0.05) is 6.04 Å². The van der Waals surface area contributed by atoms with Gasteiger partial charge in [-0.05, 0) is 52.0 Å². The molecule has 2 aliphatic heterocycles. The van der Waals surface area contributed by atoms with Crippen molar-refractivity contribution in [3.63, 3.8) is 0 Å². The maximum atomic E-state index is 13.2. The van der Waals surface area contributed by atoms with Crippen LogP contribution in [0.1, 0.15) is 28.3 Å². The van der Waals surface area contributed by atoms with Gasteiger partial charge < -0.3 is 4.55 Å². The van der Waals surface area contributed by atoms with Crippen LogP contribution in [-0.2, 0) is 23.1 Å². The SMILES string of the molecule is [O-][S+](CC12NC(Cc3ccccc31)c1ccccc12)c1ccccc1. The lowest BCUT2D eigenvalue weighted by molar-refractivity contribution is 0.388. The molecule has 2 bridgehead atoms. The fraction of sp³-hybridized carbons (Fsp3) is 0.182. The average molecular weight is 345 g/mol. The number of benzene rings is 3. The number of nitrogens with one attached hydrogen (secondary N) is 1. The van der Waals surface area contributed by atoms with Crippen LogP contribution in [0.2, 0.25) is 0 Å². The molecule has 0 amide bonds. The normalized spacial score (nSPS) is 24.4. The molecule has 3 aromatic rings. The third-order valence-corrected chi connectivity index (χ3v) is 6.96. The van der Waals surface area contributed by atoms with E-state index in [-0.39, 0.29) is 5.54 Å². The van der Waals surface area contributed by atoms with Gasteiger partial charge in [-0.3, -0.25) is 5.32 Å². The maximum absolute atomic E-state index is 13.2. The minimum atomic E-state index is -1.07. The lowest BCUT2D eigenvalue weighted by Gasteiger charge is -2.37. The summed E-state index contributed by atoms with van der Waals surface area (Å²) in [5.41, 5.74) is 4.92. The van der Waals surface area contributed by atoms with E-state index in [0.717, 1.165) is 11.3 Å². The summed E-state index contributed by atoms with van der Waals surface area (Å²) >= 11 is -1.07. The quantitative estimate of drug-likeness (QED) is 0.730. The molecule has 0 fully saturated rings. The van der Waals surface area contributed by atoms with Gasteiger partial charge in [-0.1, -0.05) is 66.7 Å². The summed E-state index contributed by atoms with van der Waals surface area (Å²) in [5.74, 6) is 0.557. The van der Waals surface area contributed by atoms with E-state index >= 15 is 0 Å². The van der Waals surface area contributed by atoms with Crippen LogP contribution in [0, 0.1) is 0 Å². The van der Waals surface area contributed by atoms with Gasteiger partial charge in [0.1, 0.15) is 11.3 Å². The largest absolute Gasteiger partial charge is 0.611 e. The standard InChI is InChI=1S/C22H19NOS/c24-25(17-9-2-1-3-10-17)15-22-19-12-6-4-8-16(19)14-21(23-22)18-11-5-7-13-20(18)22/h1-13,21,23H,14-15H2.